The number of amides is 1. The average Bonchev–Trinajstić information content (AvgIpc) is 2.36. The van der Waals surface area contributed by atoms with Gasteiger partial charge in [-0.3, -0.25) is 4.79 Å². The molecule has 0 saturated carbocycles. The first-order chi connectivity index (χ1) is 8.41. The molecule has 2 N–H and O–H groups in total. The molecule has 0 spiro atoms. The van der Waals surface area contributed by atoms with E-state index in [1.807, 2.05) is 0 Å². The van der Waals surface area contributed by atoms with Crippen LogP contribution in [0.15, 0.2) is 30.3 Å². The molecular formula is C13H17NO4. The highest BCUT2D eigenvalue weighted by atomic mass is 16.5. The number of benzene rings is 1. The van der Waals surface area contributed by atoms with E-state index in [-0.39, 0.29) is 0 Å². The Morgan fingerprint density at radius 3 is 2.33 bits per heavy atom. The number of nitrogens with one attached hydrogen (secondary N) is 1. The second-order valence-corrected chi connectivity index (χ2v) is 4.19. The molecule has 0 heterocycles. The number of ether oxygens (including phenoxy) is 1. The van der Waals surface area contributed by atoms with Crippen LogP contribution >= 0.6 is 0 Å². The smallest absolute Gasteiger partial charge is 0.334 e. The molecule has 1 rings (SSSR count). The Kier molecular flexibility index (Phi) is 4.44. The third kappa shape index (κ3) is 2.87. The molecule has 1 aromatic rings. The van der Waals surface area contributed by atoms with Crippen LogP contribution in [0.4, 0.5) is 0 Å². The van der Waals surface area contributed by atoms with E-state index < -0.39 is 23.5 Å². The molecule has 0 aliphatic heterocycles. The zero-order chi connectivity index (χ0) is 13.8. The van der Waals surface area contributed by atoms with Gasteiger partial charge in [-0.1, -0.05) is 30.3 Å². The van der Waals surface area contributed by atoms with Crippen molar-refractivity contribution in [2.45, 2.75) is 25.5 Å². The molecule has 0 saturated heterocycles. The number of aliphatic hydroxyl groups excluding tert-OH is 1. The fraction of sp³-hybridized carbons (Fsp3) is 0.385. The van der Waals surface area contributed by atoms with Gasteiger partial charge in [0.05, 0.1) is 7.11 Å². The Morgan fingerprint density at radius 1 is 1.33 bits per heavy atom. The van der Waals surface area contributed by atoms with Gasteiger partial charge in [-0.25, -0.2) is 4.79 Å². The molecule has 2 atom stereocenters. The highest BCUT2D eigenvalue weighted by molar-refractivity contribution is 5.87. The number of rotatable bonds is 4. The van der Waals surface area contributed by atoms with Crippen molar-refractivity contribution >= 4 is 11.9 Å². The van der Waals surface area contributed by atoms with E-state index in [1.165, 1.54) is 21.0 Å². The van der Waals surface area contributed by atoms with Crippen LogP contribution in [-0.2, 0) is 14.3 Å². The molecule has 5 heteroatoms. The number of carbonyl (C=O) groups excluding carboxylic acids is 2. The normalized spacial score (nSPS) is 15.3. The molecule has 18 heavy (non-hydrogen) atoms. The summed E-state index contributed by atoms with van der Waals surface area (Å²) in [4.78, 5) is 23.0. The van der Waals surface area contributed by atoms with E-state index in [2.05, 4.69) is 10.1 Å². The molecule has 1 aromatic carbocycles. The summed E-state index contributed by atoms with van der Waals surface area (Å²) in [6.07, 6.45) is -1.19. The van der Waals surface area contributed by atoms with Crippen LogP contribution in [-0.4, -0.2) is 29.6 Å². The summed E-state index contributed by atoms with van der Waals surface area (Å²) in [5, 5.41) is 12.7. The van der Waals surface area contributed by atoms with E-state index in [9.17, 15) is 14.7 Å². The number of methoxy groups -OCH3 is 1. The van der Waals surface area contributed by atoms with Crippen molar-refractivity contribution in [3.05, 3.63) is 35.9 Å². The minimum atomic E-state index is -1.51. The molecule has 0 fully saturated rings. The summed E-state index contributed by atoms with van der Waals surface area (Å²) in [7, 11) is 1.21. The van der Waals surface area contributed by atoms with Crippen LogP contribution < -0.4 is 5.32 Å². The lowest BCUT2D eigenvalue weighted by atomic mass is 9.89. The lowest BCUT2D eigenvalue weighted by Gasteiger charge is -2.32. The predicted molar refractivity (Wildman–Crippen MR) is 65.6 cm³/mol. The van der Waals surface area contributed by atoms with Gasteiger partial charge in [0.25, 0.3) is 0 Å². The van der Waals surface area contributed by atoms with E-state index in [1.54, 1.807) is 30.3 Å². The molecule has 1 amide bonds. The van der Waals surface area contributed by atoms with Crippen LogP contribution in [0, 0.1) is 0 Å². The van der Waals surface area contributed by atoms with Gasteiger partial charge >= 0.3 is 5.97 Å². The lowest BCUT2D eigenvalue weighted by Crippen LogP contribution is -2.56. The van der Waals surface area contributed by atoms with Crippen molar-refractivity contribution in [2.75, 3.05) is 7.11 Å². The lowest BCUT2D eigenvalue weighted by molar-refractivity contribution is -0.155. The molecule has 98 valence electrons. The van der Waals surface area contributed by atoms with Crippen molar-refractivity contribution in [3.8, 4) is 0 Å². The summed E-state index contributed by atoms with van der Waals surface area (Å²) in [5.74, 6) is -1.12. The van der Waals surface area contributed by atoms with Crippen LogP contribution in [0.3, 0.4) is 0 Å². The number of aliphatic hydroxyl groups is 1. The van der Waals surface area contributed by atoms with Crippen molar-refractivity contribution < 1.29 is 19.4 Å². The van der Waals surface area contributed by atoms with E-state index in [4.69, 9.17) is 0 Å². The summed E-state index contributed by atoms with van der Waals surface area (Å²) < 4.78 is 4.65. The molecule has 0 aliphatic rings. The van der Waals surface area contributed by atoms with Crippen molar-refractivity contribution in [3.63, 3.8) is 0 Å². The molecule has 0 bridgehead atoms. The summed E-state index contributed by atoms with van der Waals surface area (Å²) in [6, 6.07) is 8.62. The fourth-order valence-electron chi connectivity index (χ4n) is 1.78. The topological polar surface area (TPSA) is 75.6 Å². The van der Waals surface area contributed by atoms with E-state index >= 15 is 0 Å². The second kappa shape index (κ2) is 5.64. The minimum Gasteiger partial charge on any atom is -0.467 e. The maximum atomic E-state index is 11.8. The molecule has 0 aliphatic carbocycles. The fourth-order valence-corrected chi connectivity index (χ4v) is 1.78. The zero-order valence-corrected chi connectivity index (χ0v) is 10.6. The number of carbonyl (C=O) groups is 2. The molecular weight excluding hydrogens is 234 g/mol. The summed E-state index contributed by atoms with van der Waals surface area (Å²) in [5.41, 5.74) is -0.985. The maximum Gasteiger partial charge on any atom is 0.334 e. The highest BCUT2D eigenvalue weighted by Gasteiger charge is 2.43. The Balaban J connectivity index is 3.11. The van der Waals surface area contributed by atoms with Crippen molar-refractivity contribution in [2.24, 2.45) is 0 Å². The summed E-state index contributed by atoms with van der Waals surface area (Å²) in [6.45, 7) is 2.71. The van der Waals surface area contributed by atoms with Crippen molar-refractivity contribution in [1.29, 1.82) is 0 Å². The van der Waals surface area contributed by atoms with E-state index in [0.717, 1.165) is 0 Å². The Bertz CT molecular complexity index is 432. The first-order valence-electron chi connectivity index (χ1n) is 5.52. The standard InChI is InChI=1S/C13H17NO4/c1-9(15)14-13(2,12(17)18-3)11(16)10-7-5-4-6-8-10/h4-8,11,16H,1-3H3,(H,14,15)/t11-,13-/m0/s1. The minimum absolute atomic E-state index is 0.419. The molecule has 0 radical (unpaired) electrons. The SMILES string of the molecule is COC(=O)[C@@](C)(NC(C)=O)[C@@H](O)c1ccccc1. The van der Waals surface area contributed by atoms with Gasteiger partial charge in [-0.2, -0.15) is 0 Å². The maximum absolute atomic E-state index is 11.8. The third-order valence-corrected chi connectivity index (χ3v) is 2.71. The number of esters is 1. The van der Waals surface area contributed by atoms with Gasteiger partial charge < -0.3 is 15.2 Å². The van der Waals surface area contributed by atoms with Gasteiger partial charge in [0, 0.05) is 6.92 Å². The van der Waals surface area contributed by atoms with Gasteiger partial charge in [-0.15, -0.1) is 0 Å². The predicted octanol–water partition coefficient (Wildman–Crippen LogP) is 0.788. The van der Waals surface area contributed by atoms with Crippen LogP contribution in [0.5, 0.6) is 0 Å². The van der Waals surface area contributed by atoms with Gasteiger partial charge in [0.2, 0.25) is 5.91 Å². The zero-order valence-electron chi connectivity index (χ0n) is 10.6. The van der Waals surface area contributed by atoms with E-state index in [0.29, 0.717) is 5.56 Å². The van der Waals surface area contributed by atoms with Gasteiger partial charge in [-0.05, 0) is 12.5 Å². The quantitative estimate of drug-likeness (QED) is 0.776. The largest absolute Gasteiger partial charge is 0.467 e. The molecule has 0 unspecified atom stereocenters. The first-order valence-corrected chi connectivity index (χ1v) is 5.52. The number of hydrogen-bond acceptors (Lipinski definition) is 4. The highest BCUT2D eigenvalue weighted by Crippen LogP contribution is 2.26. The van der Waals surface area contributed by atoms with Crippen molar-refractivity contribution in [1.82, 2.24) is 5.32 Å². The number of hydrogen-bond donors (Lipinski definition) is 2. The average molecular weight is 251 g/mol. The van der Waals surface area contributed by atoms with Crippen LogP contribution in [0.2, 0.25) is 0 Å². The van der Waals surface area contributed by atoms with Gasteiger partial charge in [0.1, 0.15) is 6.10 Å². The Hall–Kier alpha value is -1.88. The Labute approximate surface area is 106 Å². The molecule has 0 aromatic heterocycles. The first kappa shape index (κ1) is 14.2. The van der Waals surface area contributed by atoms with Crippen LogP contribution in [0.25, 0.3) is 0 Å². The van der Waals surface area contributed by atoms with Crippen LogP contribution in [0.1, 0.15) is 25.5 Å². The summed E-state index contributed by atoms with van der Waals surface area (Å²) >= 11 is 0. The monoisotopic (exact) mass is 251 g/mol. The Morgan fingerprint density at radius 2 is 1.89 bits per heavy atom. The third-order valence-electron chi connectivity index (χ3n) is 2.71. The van der Waals surface area contributed by atoms with Gasteiger partial charge in [0.15, 0.2) is 5.54 Å². The molecule has 5 nitrogen and oxygen atoms in total. The second-order valence-electron chi connectivity index (χ2n) is 4.19.